The fourth-order valence-electron chi connectivity index (χ4n) is 3.79. The van der Waals surface area contributed by atoms with Crippen molar-refractivity contribution >= 4 is 11.4 Å². The fourth-order valence-corrected chi connectivity index (χ4v) is 3.79. The molecule has 0 bridgehead atoms. The topological polar surface area (TPSA) is 78.5 Å². The van der Waals surface area contributed by atoms with E-state index in [0.717, 1.165) is 55.4 Å². The second-order valence-corrected chi connectivity index (χ2v) is 8.13. The maximum atomic E-state index is 6.45. The minimum Gasteiger partial charge on any atom is -0.491 e. The summed E-state index contributed by atoms with van der Waals surface area (Å²) in [6.45, 7) is 16.1. The first-order valence-corrected chi connectivity index (χ1v) is 10.5. The van der Waals surface area contributed by atoms with Crippen LogP contribution in [-0.2, 0) is 4.74 Å². The standard InChI is InChI=1S/C22H34N6O/c1-6-24-20(14-21(23)28-11-9-27(10-12-28)15(2)3)22-18-13-17(29-16(4)5)7-8-19(18)25-26-22/h6-7,13-16,19,25H,1,8-12,23H2,2-5H3/b21-14+,24-20+/t19-/m1/s1. The molecule has 2 heterocycles. The molecule has 1 atom stereocenters. The maximum Gasteiger partial charge on any atom is 0.116 e. The highest BCUT2D eigenvalue weighted by molar-refractivity contribution is 6.52. The lowest BCUT2D eigenvalue weighted by atomic mass is 9.93. The van der Waals surface area contributed by atoms with Gasteiger partial charge in [-0.15, -0.1) is 0 Å². The van der Waals surface area contributed by atoms with Gasteiger partial charge in [-0.05, 0) is 46.3 Å². The Morgan fingerprint density at radius 3 is 2.66 bits per heavy atom. The molecule has 1 saturated heterocycles. The quantitative estimate of drug-likeness (QED) is 0.644. The summed E-state index contributed by atoms with van der Waals surface area (Å²) < 4.78 is 5.88. The Bertz CT molecular complexity index is 766. The van der Waals surface area contributed by atoms with E-state index in [1.807, 2.05) is 19.9 Å². The number of nitrogens with one attached hydrogen (secondary N) is 1. The first kappa shape index (κ1) is 21.2. The molecule has 0 unspecified atom stereocenters. The molecule has 0 aromatic heterocycles. The average Bonchev–Trinajstić information content (AvgIpc) is 3.10. The predicted molar refractivity (Wildman–Crippen MR) is 120 cm³/mol. The summed E-state index contributed by atoms with van der Waals surface area (Å²) in [5, 5.41) is 4.55. The van der Waals surface area contributed by atoms with E-state index in [9.17, 15) is 0 Å². The molecular weight excluding hydrogens is 364 g/mol. The predicted octanol–water partition coefficient (Wildman–Crippen LogP) is 2.36. The van der Waals surface area contributed by atoms with E-state index in [0.29, 0.717) is 11.9 Å². The maximum absolute atomic E-state index is 6.45. The lowest BCUT2D eigenvalue weighted by Gasteiger charge is -2.38. The summed E-state index contributed by atoms with van der Waals surface area (Å²) >= 11 is 0. The van der Waals surface area contributed by atoms with Gasteiger partial charge < -0.3 is 20.8 Å². The van der Waals surface area contributed by atoms with Crippen molar-refractivity contribution in [2.45, 2.75) is 52.3 Å². The Morgan fingerprint density at radius 2 is 2.03 bits per heavy atom. The van der Waals surface area contributed by atoms with E-state index in [4.69, 9.17) is 10.5 Å². The number of fused-ring (bicyclic) bond motifs is 1. The Hall–Kier alpha value is -2.54. The van der Waals surface area contributed by atoms with Crippen LogP contribution in [0.2, 0.25) is 0 Å². The zero-order valence-corrected chi connectivity index (χ0v) is 18.1. The highest BCUT2D eigenvalue weighted by Gasteiger charge is 2.30. The van der Waals surface area contributed by atoms with E-state index in [1.165, 1.54) is 6.20 Å². The molecule has 158 valence electrons. The molecule has 3 N–H and O–H groups in total. The van der Waals surface area contributed by atoms with Crippen LogP contribution in [0.3, 0.4) is 0 Å². The third-order valence-electron chi connectivity index (χ3n) is 5.37. The summed E-state index contributed by atoms with van der Waals surface area (Å²) in [5.74, 6) is 1.59. The Morgan fingerprint density at radius 1 is 1.31 bits per heavy atom. The van der Waals surface area contributed by atoms with E-state index in [-0.39, 0.29) is 12.1 Å². The minimum absolute atomic E-state index is 0.130. The number of nitrogens with zero attached hydrogens (tertiary/aromatic N) is 4. The van der Waals surface area contributed by atoms with Crippen molar-refractivity contribution in [3.05, 3.63) is 48.2 Å². The van der Waals surface area contributed by atoms with Crippen LogP contribution in [-0.4, -0.2) is 65.6 Å². The highest BCUT2D eigenvalue weighted by Crippen LogP contribution is 2.25. The van der Waals surface area contributed by atoms with Gasteiger partial charge in [-0.1, -0.05) is 6.58 Å². The lowest BCUT2D eigenvalue weighted by Crippen LogP contribution is -2.49. The molecular formula is C22H34N6O. The van der Waals surface area contributed by atoms with Crippen molar-refractivity contribution in [1.82, 2.24) is 15.2 Å². The molecule has 3 aliphatic rings. The highest BCUT2D eigenvalue weighted by atomic mass is 16.5. The third kappa shape index (κ3) is 5.09. The molecule has 2 aliphatic heterocycles. The van der Waals surface area contributed by atoms with Crippen LogP contribution in [0, 0.1) is 0 Å². The van der Waals surface area contributed by atoms with Crippen LogP contribution in [0.15, 0.2) is 58.3 Å². The van der Waals surface area contributed by atoms with Gasteiger partial charge in [-0.3, -0.25) is 9.89 Å². The van der Waals surface area contributed by atoms with Crippen molar-refractivity contribution < 1.29 is 4.74 Å². The van der Waals surface area contributed by atoms with Crippen LogP contribution in [0.1, 0.15) is 34.1 Å². The number of hydrazone groups is 1. The molecule has 0 radical (unpaired) electrons. The van der Waals surface area contributed by atoms with Crippen LogP contribution < -0.4 is 11.2 Å². The van der Waals surface area contributed by atoms with Crippen molar-refractivity contribution in [2.24, 2.45) is 15.8 Å². The zero-order chi connectivity index (χ0) is 21.0. The number of nitrogens with two attached hydrogens (primary N) is 1. The van der Waals surface area contributed by atoms with Crippen LogP contribution in [0.4, 0.5) is 0 Å². The molecule has 29 heavy (non-hydrogen) atoms. The SMILES string of the molecule is C=C/N=C(\C=C(/N)N1CCN(C(C)C)CC1)C1=NN[C@@H]2CC=C(OC(C)C)C=C12. The van der Waals surface area contributed by atoms with Crippen LogP contribution >= 0.6 is 0 Å². The van der Waals surface area contributed by atoms with Crippen LogP contribution in [0.5, 0.6) is 0 Å². The minimum atomic E-state index is 0.130. The molecule has 7 heteroatoms. The smallest absolute Gasteiger partial charge is 0.116 e. The van der Waals surface area contributed by atoms with Gasteiger partial charge in [-0.2, -0.15) is 5.10 Å². The zero-order valence-electron chi connectivity index (χ0n) is 18.1. The van der Waals surface area contributed by atoms with Crippen molar-refractivity contribution in [2.75, 3.05) is 26.2 Å². The Labute approximate surface area is 174 Å². The van der Waals surface area contributed by atoms with E-state index < -0.39 is 0 Å². The van der Waals surface area contributed by atoms with Gasteiger partial charge in [0.15, 0.2) is 0 Å². The molecule has 0 saturated carbocycles. The van der Waals surface area contributed by atoms with Crippen LogP contribution in [0.25, 0.3) is 0 Å². The second kappa shape index (κ2) is 9.31. The van der Waals surface area contributed by atoms with E-state index in [2.05, 4.69) is 57.9 Å². The first-order chi connectivity index (χ1) is 13.9. The number of piperazine rings is 1. The van der Waals surface area contributed by atoms with Gasteiger partial charge in [0, 0.05) is 50.1 Å². The molecule has 3 rings (SSSR count). The molecule has 0 spiro atoms. The monoisotopic (exact) mass is 398 g/mol. The van der Waals surface area contributed by atoms with Gasteiger partial charge in [0.25, 0.3) is 0 Å². The first-order valence-electron chi connectivity index (χ1n) is 10.5. The second-order valence-electron chi connectivity index (χ2n) is 8.13. The van der Waals surface area contributed by atoms with Gasteiger partial charge in [-0.25, -0.2) is 0 Å². The largest absolute Gasteiger partial charge is 0.491 e. The number of hydrogen-bond acceptors (Lipinski definition) is 7. The summed E-state index contributed by atoms with van der Waals surface area (Å²) in [7, 11) is 0. The fraction of sp³-hybridized carbons (Fsp3) is 0.545. The number of rotatable bonds is 7. The van der Waals surface area contributed by atoms with Crippen molar-refractivity contribution in [3.8, 4) is 0 Å². The molecule has 7 nitrogen and oxygen atoms in total. The summed E-state index contributed by atoms with van der Waals surface area (Å²) in [5.41, 5.74) is 12.3. The van der Waals surface area contributed by atoms with Gasteiger partial charge >= 0.3 is 0 Å². The number of hydrogen-bond donors (Lipinski definition) is 2. The van der Waals surface area contributed by atoms with Crippen molar-refractivity contribution in [1.29, 1.82) is 0 Å². The summed E-state index contributed by atoms with van der Waals surface area (Å²) in [6, 6.07) is 0.702. The average molecular weight is 399 g/mol. The summed E-state index contributed by atoms with van der Waals surface area (Å²) in [6.07, 6.45) is 8.57. The molecule has 1 aliphatic carbocycles. The van der Waals surface area contributed by atoms with Gasteiger partial charge in [0.05, 0.1) is 17.9 Å². The lowest BCUT2D eigenvalue weighted by molar-refractivity contribution is 0.129. The van der Waals surface area contributed by atoms with E-state index in [1.54, 1.807) is 0 Å². The Kier molecular flexibility index (Phi) is 6.79. The third-order valence-corrected chi connectivity index (χ3v) is 5.37. The number of allylic oxidation sites excluding steroid dienone is 2. The summed E-state index contributed by atoms with van der Waals surface area (Å²) in [4.78, 5) is 9.15. The van der Waals surface area contributed by atoms with Gasteiger partial charge in [0.2, 0.25) is 0 Å². The van der Waals surface area contributed by atoms with E-state index >= 15 is 0 Å². The normalized spacial score (nSPS) is 23.4. The molecule has 0 amide bonds. The van der Waals surface area contributed by atoms with Gasteiger partial charge in [0.1, 0.15) is 17.3 Å². The number of ether oxygens (including phenoxy) is 1. The Balaban J connectivity index is 1.77. The van der Waals surface area contributed by atoms with Crippen molar-refractivity contribution in [3.63, 3.8) is 0 Å². The molecule has 0 aromatic rings. The number of aliphatic imine (C=N–C) groups is 1. The molecule has 0 aromatic carbocycles. The molecule has 1 fully saturated rings.